The smallest absolute Gasteiger partial charge is 0.270 e. The van der Waals surface area contributed by atoms with E-state index < -0.39 is 0 Å². The van der Waals surface area contributed by atoms with Crippen LogP contribution in [-0.4, -0.2) is 52.8 Å². The number of piperazine rings is 1. The van der Waals surface area contributed by atoms with Crippen LogP contribution in [0.15, 0.2) is 59.1 Å². The number of nitrogens with zero attached hydrogens (tertiary/aromatic N) is 2. The molecule has 1 aliphatic rings. The van der Waals surface area contributed by atoms with Gasteiger partial charge in [-0.1, -0.05) is 30.3 Å². The zero-order valence-electron chi connectivity index (χ0n) is 14.1. The van der Waals surface area contributed by atoms with Gasteiger partial charge in [0.25, 0.3) is 11.8 Å². The molecule has 2 aromatic carbocycles. The molecular weight excluding hydrogens is 394 g/mol. The highest BCUT2D eigenvalue weighted by Crippen LogP contribution is 2.20. The van der Waals surface area contributed by atoms with Crippen LogP contribution in [0.5, 0.6) is 0 Å². The molecule has 0 bridgehead atoms. The molecule has 1 N–H and O–H groups in total. The highest BCUT2D eigenvalue weighted by molar-refractivity contribution is 9.10. The molecule has 0 aliphatic carbocycles. The molecule has 0 unspecified atom stereocenters. The fourth-order valence-electron chi connectivity index (χ4n) is 3.28. The first-order valence-corrected chi connectivity index (χ1v) is 9.33. The third-order valence-electron chi connectivity index (χ3n) is 4.72. The zero-order valence-corrected chi connectivity index (χ0v) is 15.7. The van der Waals surface area contributed by atoms with E-state index in [1.165, 1.54) is 0 Å². The normalized spacial score (nSPS) is 14.7. The maximum Gasteiger partial charge on any atom is 0.270 e. The second-order valence-electron chi connectivity index (χ2n) is 6.33. The van der Waals surface area contributed by atoms with Crippen molar-refractivity contribution >= 4 is 38.6 Å². The van der Waals surface area contributed by atoms with Crippen LogP contribution in [0.3, 0.4) is 0 Å². The van der Waals surface area contributed by atoms with Gasteiger partial charge in [0.1, 0.15) is 5.69 Å². The Hall–Kier alpha value is -2.60. The first-order chi connectivity index (χ1) is 12.6. The summed E-state index contributed by atoms with van der Waals surface area (Å²) in [6.45, 7) is 2.13. The highest BCUT2D eigenvalue weighted by Gasteiger charge is 2.26. The summed E-state index contributed by atoms with van der Waals surface area (Å²) in [6, 6.07) is 17.1. The third-order valence-corrected chi connectivity index (χ3v) is 5.41. The minimum atomic E-state index is -0.0193. The monoisotopic (exact) mass is 411 g/mol. The minimum absolute atomic E-state index is 0.00446. The quantitative estimate of drug-likeness (QED) is 0.700. The highest BCUT2D eigenvalue weighted by atomic mass is 79.9. The van der Waals surface area contributed by atoms with E-state index in [4.69, 9.17) is 0 Å². The number of para-hydroxylation sites is 1. The zero-order chi connectivity index (χ0) is 18.1. The molecular formula is C20H18BrN3O2. The van der Waals surface area contributed by atoms with Gasteiger partial charge in [-0.3, -0.25) is 9.59 Å². The Balaban J connectivity index is 1.44. The lowest BCUT2D eigenvalue weighted by molar-refractivity contribution is 0.0532. The van der Waals surface area contributed by atoms with Gasteiger partial charge in [-0.15, -0.1) is 0 Å². The fourth-order valence-corrected chi connectivity index (χ4v) is 3.73. The van der Waals surface area contributed by atoms with Crippen molar-refractivity contribution in [1.82, 2.24) is 14.8 Å². The summed E-state index contributed by atoms with van der Waals surface area (Å²) in [7, 11) is 0. The van der Waals surface area contributed by atoms with Crippen molar-refractivity contribution in [1.29, 1.82) is 0 Å². The van der Waals surface area contributed by atoms with Crippen LogP contribution in [0.2, 0.25) is 0 Å². The van der Waals surface area contributed by atoms with Gasteiger partial charge in [0.05, 0.1) is 5.56 Å². The number of nitrogens with one attached hydrogen (secondary N) is 1. The number of hydrogen-bond donors (Lipinski definition) is 1. The van der Waals surface area contributed by atoms with Gasteiger partial charge in [0.2, 0.25) is 0 Å². The second-order valence-corrected chi connectivity index (χ2v) is 7.19. The van der Waals surface area contributed by atoms with Crippen LogP contribution < -0.4 is 0 Å². The molecule has 6 heteroatoms. The number of carbonyl (C=O) groups is 2. The van der Waals surface area contributed by atoms with Gasteiger partial charge in [0.15, 0.2) is 0 Å². The molecule has 5 nitrogen and oxygen atoms in total. The molecule has 0 saturated carbocycles. The van der Waals surface area contributed by atoms with E-state index >= 15 is 0 Å². The van der Waals surface area contributed by atoms with Crippen molar-refractivity contribution < 1.29 is 9.59 Å². The predicted octanol–water partition coefficient (Wildman–Crippen LogP) is 3.53. The molecule has 1 saturated heterocycles. The number of halogens is 1. The van der Waals surface area contributed by atoms with Crippen LogP contribution in [0, 0.1) is 0 Å². The lowest BCUT2D eigenvalue weighted by Crippen LogP contribution is -2.50. The standard InChI is InChI=1S/C20H18BrN3O2/c21-16-7-3-2-6-15(16)19(25)23-9-11-24(12-10-23)20(26)18-13-14-5-1-4-8-17(14)22-18/h1-8,13,22H,9-12H2. The topological polar surface area (TPSA) is 56.4 Å². The summed E-state index contributed by atoms with van der Waals surface area (Å²) in [5.74, 6) is -0.0237. The lowest BCUT2D eigenvalue weighted by atomic mass is 10.2. The summed E-state index contributed by atoms with van der Waals surface area (Å²) >= 11 is 3.43. The number of H-pyrrole nitrogens is 1. The Labute approximate surface area is 159 Å². The average Bonchev–Trinajstić information content (AvgIpc) is 3.11. The number of carbonyl (C=O) groups excluding carboxylic acids is 2. The van der Waals surface area contributed by atoms with Crippen molar-refractivity contribution in [3.63, 3.8) is 0 Å². The summed E-state index contributed by atoms with van der Waals surface area (Å²) < 4.78 is 0.793. The lowest BCUT2D eigenvalue weighted by Gasteiger charge is -2.34. The molecule has 2 amide bonds. The average molecular weight is 412 g/mol. The van der Waals surface area contributed by atoms with Crippen molar-refractivity contribution in [2.24, 2.45) is 0 Å². The summed E-state index contributed by atoms with van der Waals surface area (Å²) in [6.07, 6.45) is 0. The SMILES string of the molecule is O=C(c1cc2ccccc2[nH]1)N1CCN(C(=O)c2ccccc2Br)CC1. The Morgan fingerprint density at radius 1 is 0.846 bits per heavy atom. The first-order valence-electron chi connectivity index (χ1n) is 8.54. The minimum Gasteiger partial charge on any atom is -0.351 e. The molecule has 0 radical (unpaired) electrons. The van der Waals surface area contributed by atoms with Gasteiger partial charge in [0, 0.05) is 41.6 Å². The number of amides is 2. The van der Waals surface area contributed by atoms with Crippen LogP contribution >= 0.6 is 15.9 Å². The maximum absolute atomic E-state index is 12.8. The van der Waals surface area contributed by atoms with Crippen LogP contribution in [0.1, 0.15) is 20.8 Å². The van der Waals surface area contributed by atoms with Crippen LogP contribution in [0.4, 0.5) is 0 Å². The molecule has 3 aromatic rings. The van der Waals surface area contributed by atoms with Gasteiger partial charge < -0.3 is 14.8 Å². The van der Waals surface area contributed by atoms with Crippen LogP contribution in [-0.2, 0) is 0 Å². The molecule has 132 valence electrons. The van der Waals surface area contributed by atoms with E-state index in [1.54, 1.807) is 9.80 Å². The largest absolute Gasteiger partial charge is 0.351 e. The van der Waals surface area contributed by atoms with Gasteiger partial charge in [-0.2, -0.15) is 0 Å². The molecule has 0 spiro atoms. The number of aromatic amines is 1. The second kappa shape index (κ2) is 6.96. The van der Waals surface area contributed by atoms with E-state index in [9.17, 15) is 9.59 Å². The Kier molecular flexibility index (Phi) is 4.51. The predicted molar refractivity (Wildman–Crippen MR) is 104 cm³/mol. The number of aromatic nitrogens is 1. The molecule has 1 aromatic heterocycles. The number of benzene rings is 2. The van der Waals surface area contributed by atoms with Crippen molar-refractivity contribution in [2.75, 3.05) is 26.2 Å². The number of hydrogen-bond acceptors (Lipinski definition) is 2. The molecule has 1 fully saturated rings. The van der Waals surface area contributed by atoms with Crippen molar-refractivity contribution in [2.45, 2.75) is 0 Å². The van der Waals surface area contributed by atoms with Gasteiger partial charge in [-0.25, -0.2) is 0 Å². The first kappa shape index (κ1) is 16.8. The van der Waals surface area contributed by atoms with E-state index in [2.05, 4.69) is 20.9 Å². The summed E-state index contributed by atoms with van der Waals surface area (Å²) in [4.78, 5) is 32.2. The Morgan fingerprint density at radius 3 is 2.15 bits per heavy atom. The summed E-state index contributed by atoms with van der Waals surface area (Å²) in [5, 5.41) is 1.03. The molecule has 26 heavy (non-hydrogen) atoms. The molecule has 4 rings (SSSR count). The Bertz CT molecular complexity index is 941. The summed E-state index contributed by atoms with van der Waals surface area (Å²) in [5.41, 5.74) is 2.21. The fraction of sp³-hybridized carbons (Fsp3) is 0.200. The van der Waals surface area contributed by atoms with Crippen molar-refractivity contribution in [3.05, 3.63) is 70.3 Å². The Morgan fingerprint density at radius 2 is 1.46 bits per heavy atom. The number of rotatable bonds is 2. The van der Waals surface area contributed by atoms with E-state index in [1.807, 2.05) is 54.6 Å². The molecule has 2 heterocycles. The number of fused-ring (bicyclic) bond motifs is 1. The van der Waals surface area contributed by atoms with Gasteiger partial charge >= 0.3 is 0 Å². The maximum atomic E-state index is 12.8. The van der Waals surface area contributed by atoms with Crippen LogP contribution in [0.25, 0.3) is 10.9 Å². The third kappa shape index (κ3) is 3.12. The van der Waals surface area contributed by atoms with Gasteiger partial charge in [-0.05, 0) is 40.2 Å². The van der Waals surface area contributed by atoms with E-state index in [-0.39, 0.29) is 11.8 Å². The molecule has 0 atom stereocenters. The molecule has 1 aliphatic heterocycles. The van der Waals surface area contributed by atoms with Crippen molar-refractivity contribution in [3.8, 4) is 0 Å². The van der Waals surface area contributed by atoms with E-state index in [0.29, 0.717) is 37.4 Å². The van der Waals surface area contributed by atoms with E-state index in [0.717, 1.165) is 15.4 Å².